The van der Waals surface area contributed by atoms with Crippen molar-refractivity contribution in [3.05, 3.63) is 63.3 Å². The van der Waals surface area contributed by atoms with Crippen molar-refractivity contribution in [2.45, 2.75) is 43.6 Å². The van der Waals surface area contributed by atoms with Crippen molar-refractivity contribution in [1.29, 1.82) is 0 Å². The summed E-state index contributed by atoms with van der Waals surface area (Å²) in [5.74, 6) is 0.184. The predicted molar refractivity (Wildman–Crippen MR) is 122 cm³/mol. The highest BCUT2D eigenvalue weighted by Crippen LogP contribution is 2.54. The van der Waals surface area contributed by atoms with E-state index in [1.54, 1.807) is 35.5 Å². The van der Waals surface area contributed by atoms with Crippen molar-refractivity contribution in [1.82, 2.24) is 14.5 Å². The van der Waals surface area contributed by atoms with Crippen LogP contribution in [0.3, 0.4) is 0 Å². The molecule has 168 valence electrons. The number of fused-ring (bicyclic) bond motifs is 1. The van der Waals surface area contributed by atoms with E-state index in [0.717, 1.165) is 36.4 Å². The smallest absolute Gasteiger partial charge is 0.274 e. The van der Waals surface area contributed by atoms with Gasteiger partial charge >= 0.3 is 0 Å². The molecular weight excluding hydrogens is 451 g/mol. The molecule has 2 aliphatic rings. The van der Waals surface area contributed by atoms with Gasteiger partial charge in [0.2, 0.25) is 0 Å². The summed E-state index contributed by atoms with van der Waals surface area (Å²) in [6, 6.07) is 4.11. The number of hydrogen-bond donors (Lipinski definition) is 2. The average Bonchev–Trinajstić information content (AvgIpc) is 3.49. The van der Waals surface area contributed by atoms with Gasteiger partial charge in [-0.25, -0.2) is 14.4 Å². The van der Waals surface area contributed by atoms with E-state index in [4.69, 9.17) is 11.6 Å². The number of imidazole rings is 1. The minimum Gasteiger partial charge on any atom is -0.389 e. The van der Waals surface area contributed by atoms with Crippen molar-refractivity contribution < 1.29 is 14.3 Å². The van der Waals surface area contributed by atoms with Gasteiger partial charge < -0.3 is 15.0 Å². The molecule has 0 aliphatic heterocycles. The monoisotopic (exact) mass is 474 g/mol. The highest BCUT2D eigenvalue weighted by Gasteiger charge is 2.50. The minimum absolute atomic E-state index is 0.0399. The van der Waals surface area contributed by atoms with Gasteiger partial charge in [-0.05, 0) is 55.7 Å². The van der Waals surface area contributed by atoms with Gasteiger partial charge in [-0.3, -0.25) is 4.79 Å². The van der Waals surface area contributed by atoms with Crippen LogP contribution in [-0.4, -0.2) is 31.1 Å². The first-order chi connectivity index (χ1) is 15.3. The lowest BCUT2D eigenvalue weighted by Gasteiger charge is -2.23. The number of aromatic nitrogens is 3. The lowest BCUT2D eigenvalue weighted by Crippen LogP contribution is -2.29. The van der Waals surface area contributed by atoms with Gasteiger partial charge in [0.25, 0.3) is 5.91 Å². The maximum absolute atomic E-state index is 13.4. The normalized spacial score (nSPS) is 26.9. The number of benzene rings is 1. The number of thiazole rings is 1. The molecule has 2 aliphatic carbocycles. The molecule has 1 amide bonds. The second-order valence-corrected chi connectivity index (χ2v) is 10.5. The summed E-state index contributed by atoms with van der Waals surface area (Å²) in [6.45, 7) is 0. The van der Waals surface area contributed by atoms with E-state index in [9.17, 15) is 14.3 Å². The summed E-state index contributed by atoms with van der Waals surface area (Å²) in [4.78, 5) is 21.9. The number of nitrogens with one attached hydrogen (secondary N) is 1. The summed E-state index contributed by atoms with van der Waals surface area (Å²) in [5, 5.41) is 16.8. The molecular formula is C23H24ClFN4O2S. The molecule has 2 unspecified atom stereocenters. The van der Waals surface area contributed by atoms with Crippen LogP contribution in [-0.2, 0) is 13.5 Å². The molecule has 1 aromatic carbocycles. The molecule has 5 rings (SSSR count). The third kappa shape index (κ3) is 4.07. The fourth-order valence-electron chi connectivity index (χ4n) is 5.55. The number of carbonyl (C=O) groups excluding carboxylic acids is 1. The van der Waals surface area contributed by atoms with Crippen LogP contribution in [0, 0.1) is 17.7 Å². The lowest BCUT2D eigenvalue weighted by molar-refractivity contribution is 0.0384. The van der Waals surface area contributed by atoms with Gasteiger partial charge in [0.05, 0.1) is 27.7 Å². The van der Waals surface area contributed by atoms with E-state index < -0.39 is 11.4 Å². The van der Waals surface area contributed by atoms with E-state index in [-0.39, 0.29) is 16.8 Å². The molecule has 2 N–H and O–H groups in total. The summed E-state index contributed by atoms with van der Waals surface area (Å²) in [7, 11) is 1.80. The van der Waals surface area contributed by atoms with Crippen molar-refractivity contribution in [3.8, 4) is 0 Å². The van der Waals surface area contributed by atoms with Crippen LogP contribution in [0.25, 0.3) is 0 Å². The van der Waals surface area contributed by atoms with Crippen LogP contribution in [0.5, 0.6) is 0 Å². The van der Waals surface area contributed by atoms with Gasteiger partial charge in [0.1, 0.15) is 11.5 Å². The third-order valence-electron chi connectivity index (χ3n) is 6.83. The van der Waals surface area contributed by atoms with Crippen LogP contribution >= 0.6 is 22.9 Å². The Labute approximate surface area is 194 Å². The Morgan fingerprint density at radius 3 is 2.75 bits per heavy atom. The van der Waals surface area contributed by atoms with E-state index in [1.807, 2.05) is 5.38 Å². The number of aliphatic hydroxyl groups is 1. The van der Waals surface area contributed by atoms with Crippen LogP contribution < -0.4 is 5.32 Å². The molecule has 2 atom stereocenters. The van der Waals surface area contributed by atoms with Crippen LogP contribution in [0.1, 0.15) is 52.8 Å². The van der Waals surface area contributed by atoms with Crippen LogP contribution in [0.15, 0.2) is 36.1 Å². The minimum atomic E-state index is -0.690. The van der Waals surface area contributed by atoms with Crippen molar-refractivity contribution in [3.63, 3.8) is 0 Å². The summed E-state index contributed by atoms with van der Waals surface area (Å²) in [5.41, 5.74) is 1.04. The van der Waals surface area contributed by atoms with Crippen LogP contribution in [0.2, 0.25) is 5.02 Å². The van der Waals surface area contributed by atoms with Gasteiger partial charge in [-0.15, -0.1) is 11.3 Å². The molecule has 0 saturated heterocycles. The Hall–Kier alpha value is -2.29. The third-order valence-corrected chi connectivity index (χ3v) is 7.90. The number of hydrogen-bond acceptors (Lipinski definition) is 5. The molecule has 6 nitrogen and oxygen atoms in total. The van der Waals surface area contributed by atoms with Crippen molar-refractivity contribution >= 4 is 34.5 Å². The van der Waals surface area contributed by atoms with E-state index in [0.29, 0.717) is 29.6 Å². The van der Waals surface area contributed by atoms with Crippen molar-refractivity contribution in [2.75, 3.05) is 5.32 Å². The quantitative estimate of drug-likeness (QED) is 0.556. The van der Waals surface area contributed by atoms with Gasteiger partial charge in [0.15, 0.2) is 0 Å². The number of nitrogens with zero attached hydrogens (tertiary/aromatic N) is 3. The second kappa shape index (κ2) is 8.24. The molecule has 0 bridgehead atoms. The van der Waals surface area contributed by atoms with E-state index in [2.05, 4.69) is 15.3 Å². The second-order valence-electron chi connectivity index (χ2n) is 9.10. The van der Waals surface area contributed by atoms with Gasteiger partial charge in [-0.2, -0.15) is 0 Å². The summed E-state index contributed by atoms with van der Waals surface area (Å²) >= 11 is 7.43. The summed E-state index contributed by atoms with van der Waals surface area (Å²) < 4.78 is 15.2. The fourth-order valence-corrected chi connectivity index (χ4v) is 6.48. The van der Waals surface area contributed by atoms with Crippen molar-refractivity contribution in [2.24, 2.45) is 18.9 Å². The summed E-state index contributed by atoms with van der Waals surface area (Å²) in [6.07, 6.45) is 7.39. The zero-order valence-corrected chi connectivity index (χ0v) is 19.2. The Balaban J connectivity index is 1.29. The van der Waals surface area contributed by atoms with Gasteiger partial charge in [0, 0.05) is 36.7 Å². The number of carbonyl (C=O) groups is 1. The molecule has 0 radical (unpaired) electrons. The molecule has 2 fully saturated rings. The lowest BCUT2D eigenvalue weighted by atomic mass is 9.90. The number of amides is 1. The Morgan fingerprint density at radius 2 is 2.09 bits per heavy atom. The maximum atomic E-state index is 13.4. The fraction of sp³-hybridized carbons (Fsp3) is 0.435. The Bertz CT molecular complexity index is 1140. The van der Waals surface area contributed by atoms with E-state index >= 15 is 0 Å². The first-order valence-corrected chi connectivity index (χ1v) is 12.0. The SMILES string of the molecule is Cn1cnc(C2CC3CC(O)(Cc4nccs4)CC3C2)c1C(=O)Nc1ccc(F)c(Cl)c1. The maximum Gasteiger partial charge on any atom is 0.274 e. The highest BCUT2D eigenvalue weighted by atomic mass is 35.5. The first-order valence-electron chi connectivity index (χ1n) is 10.7. The molecule has 9 heteroatoms. The molecule has 2 aromatic heterocycles. The number of rotatable bonds is 5. The predicted octanol–water partition coefficient (Wildman–Crippen LogP) is 4.80. The molecule has 2 heterocycles. The number of aryl methyl sites for hydroxylation is 1. The standard InChI is InChI=1S/C23H24ClFN4O2S/c1-29-12-27-20(21(29)22(30)28-16-2-3-18(25)17(24)8-16)13-6-14-9-23(31,10-15(14)7-13)11-19-26-4-5-32-19/h2-5,8,12-15,31H,6-7,9-11H2,1H3,(H,28,30). The molecule has 3 aromatic rings. The van der Waals surface area contributed by atoms with E-state index in [1.165, 1.54) is 18.2 Å². The highest BCUT2D eigenvalue weighted by molar-refractivity contribution is 7.09. The molecule has 0 spiro atoms. The topological polar surface area (TPSA) is 80.0 Å². The zero-order valence-electron chi connectivity index (χ0n) is 17.6. The molecule has 2 saturated carbocycles. The largest absolute Gasteiger partial charge is 0.389 e. The number of halogens is 2. The Morgan fingerprint density at radius 1 is 1.34 bits per heavy atom. The number of anilines is 1. The van der Waals surface area contributed by atoms with Crippen LogP contribution in [0.4, 0.5) is 10.1 Å². The molecule has 32 heavy (non-hydrogen) atoms. The van der Waals surface area contributed by atoms with Gasteiger partial charge in [-0.1, -0.05) is 11.6 Å². The zero-order chi connectivity index (χ0) is 22.5. The first kappa shape index (κ1) is 21.6. The Kier molecular flexibility index (Phi) is 5.55. The average molecular weight is 475 g/mol.